The molecule has 0 aliphatic heterocycles. The minimum absolute atomic E-state index is 1.07. The lowest BCUT2D eigenvalue weighted by Gasteiger charge is -2.05. The monoisotopic (exact) mass is 267 g/mol. The molecule has 0 saturated heterocycles. The van der Waals surface area contributed by atoms with E-state index in [0.717, 1.165) is 11.2 Å². The molecular formula is C20H13N. The molecule has 1 heteroatoms. The van der Waals surface area contributed by atoms with Crippen LogP contribution in [-0.2, 0) is 0 Å². The largest absolute Gasteiger partial charge is 0.247 e. The van der Waals surface area contributed by atoms with Gasteiger partial charge in [-0.2, -0.15) is 0 Å². The number of pyridine rings is 1. The average molecular weight is 267 g/mol. The normalized spacial score (nSPS) is 12.0. The van der Waals surface area contributed by atoms with E-state index in [-0.39, 0.29) is 0 Å². The molecule has 1 aliphatic carbocycles. The third kappa shape index (κ3) is 1.38. The molecule has 0 spiro atoms. The number of fused-ring (bicyclic) bond motifs is 4. The van der Waals surface area contributed by atoms with Gasteiger partial charge in [0.15, 0.2) is 0 Å². The van der Waals surface area contributed by atoms with Crippen molar-refractivity contribution in [2.45, 2.75) is 6.92 Å². The number of rotatable bonds is 0. The van der Waals surface area contributed by atoms with Crippen LogP contribution in [0.15, 0.2) is 60.7 Å². The Hall–Kier alpha value is -2.67. The first-order valence-corrected chi connectivity index (χ1v) is 7.25. The minimum Gasteiger partial charge on any atom is -0.247 e. The highest BCUT2D eigenvalue weighted by molar-refractivity contribution is 6.15. The Kier molecular flexibility index (Phi) is 1.95. The summed E-state index contributed by atoms with van der Waals surface area (Å²) in [5.74, 6) is 0. The third-order valence-corrected chi connectivity index (χ3v) is 4.42. The lowest BCUT2D eigenvalue weighted by atomic mass is 10.0. The molecule has 0 fully saturated rings. The summed E-state index contributed by atoms with van der Waals surface area (Å²) < 4.78 is 0. The van der Waals surface area contributed by atoms with Crippen molar-refractivity contribution in [3.05, 3.63) is 66.2 Å². The van der Waals surface area contributed by atoms with Crippen molar-refractivity contribution in [3.63, 3.8) is 0 Å². The first-order chi connectivity index (χ1) is 10.3. The van der Waals surface area contributed by atoms with Crippen molar-refractivity contribution >= 4 is 21.7 Å². The standard InChI is InChI=1S/C20H13N/c1-12-8-9-18-14(10-12)11-17-15-6-2-4-13-5-3-7-16(19(13)15)20(17)21-18/h2-11H,1H3. The third-order valence-electron chi connectivity index (χ3n) is 4.42. The van der Waals surface area contributed by atoms with Crippen molar-refractivity contribution < 1.29 is 0 Å². The molecule has 0 amide bonds. The molecule has 1 aliphatic rings. The fourth-order valence-electron chi connectivity index (χ4n) is 3.47. The predicted molar refractivity (Wildman–Crippen MR) is 88.4 cm³/mol. The Bertz CT molecular complexity index is 1040. The summed E-state index contributed by atoms with van der Waals surface area (Å²) in [4.78, 5) is 4.94. The van der Waals surface area contributed by atoms with Gasteiger partial charge in [-0.05, 0) is 41.5 Å². The summed E-state index contributed by atoms with van der Waals surface area (Å²) in [6, 6.07) is 21.8. The number of aryl methyl sites for hydroxylation is 1. The van der Waals surface area contributed by atoms with Gasteiger partial charge in [0, 0.05) is 16.5 Å². The molecule has 4 aromatic rings. The van der Waals surface area contributed by atoms with Crippen molar-refractivity contribution in [1.82, 2.24) is 4.98 Å². The molecule has 0 radical (unpaired) electrons. The van der Waals surface area contributed by atoms with Gasteiger partial charge in [0.1, 0.15) is 0 Å². The van der Waals surface area contributed by atoms with Crippen LogP contribution in [0.1, 0.15) is 5.56 Å². The van der Waals surface area contributed by atoms with Gasteiger partial charge in [0.2, 0.25) is 0 Å². The molecule has 5 rings (SSSR count). The number of benzene rings is 3. The smallest absolute Gasteiger partial charge is 0.0794 e. The highest BCUT2D eigenvalue weighted by Crippen LogP contribution is 2.46. The van der Waals surface area contributed by atoms with E-state index in [1.807, 2.05) is 0 Å². The first kappa shape index (κ1) is 11.0. The van der Waals surface area contributed by atoms with Crippen LogP contribution in [0.5, 0.6) is 0 Å². The summed E-state index contributed by atoms with van der Waals surface area (Å²) in [5, 5.41) is 3.86. The molecule has 0 saturated carbocycles. The van der Waals surface area contributed by atoms with Crippen LogP contribution < -0.4 is 0 Å². The van der Waals surface area contributed by atoms with Crippen LogP contribution in [0.2, 0.25) is 0 Å². The Morgan fingerprint density at radius 3 is 2.38 bits per heavy atom. The highest BCUT2D eigenvalue weighted by Gasteiger charge is 2.22. The highest BCUT2D eigenvalue weighted by atomic mass is 14.7. The van der Waals surface area contributed by atoms with Crippen LogP contribution in [0.4, 0.5) is 0 Å². The van der Waals surface area contributed by atoms with E-state index in [0.29, 0.717) is 0 Å². The number of hydrogen-bond donors (Lipinski definition) is 0. The fourth-order valence-corrected chi connectivity index (χ4v) is 3.47. The Balaban J connectivity index is 1.98. The fraction of sp³-hybridized carbons (Fsp3) is 0.0500. The maximum absolute atomic E-state index is 4.94. The second-order valence-electron chi connectivity index (χ2n) is 5.79. The lowest BCUT2D eigenvalue weighted by Crippen LogP contribution is -1.86. The second kappa shape index (κ2) is 3.70. The molecule has 0 N–H and O–H groups in total. The van der Waals surface area contributed by atoms with Gasteiger partial charge in [-0.15, -0.1) is 0 Å². The van der Waals surface area contributed by atoms with Crippen LogP contribution in [0.3, 0.4) is 0 Å². The molecule has 0 atom stereocenters. The van der Waals surface area contributed by atoms with Crippen molar-refractivity contribution in [2.75, 3.05) is 0 Å². The van der Waals surface area contributed by atoms with Crippen molar-refractivity contribution in [1.29, 1.82) is 0 Å². The predicted octanol–water partition coefficient (Wildman–Crippen LogP) is 5.34. The molecule has 98 valence electrons. The number of nitrogens with zero attached hydrogens (tertiary/aromatic N) is 1. The summed E-state index contributed by atoms with van der Waals surface area (Å²) in [6.07, 6.45) is 0. The zero-order valence-electron chi connectivity index (χ0n) is 11.7. The Morgan fingerprint density at radius 1 is 0.714 bits per heavy atom. The van der Waals surface area contributed by atoms with Gasteiger partial charge in [-0.25, -0.2) is 4.98 Å². The van der Waals surface area contributed by atoms with Gasteiger partial charge in [0.25, 0.3) is 0 Å². The van der Waals surface area contributed by atoms with E-state index >= 15 is 0 Å². The van der Waals surface area contributed by atoms with Crippen molar-refractivity contribution in [3.8, 4) is 22.4 Å². The Labute approximate surface area is 122 Å². The van der Waals surface area contributed by atoms with E-state index in [2.05, 4.69) is 67.6 Å². The van der Waals surface area contributed by atoms with Gasteiger partial charge < -0.3 is 0 Å². The van der Waals surface area contributed by atoms with E-state index in [1.54, 1.807) is 0 Å². The maximum atomic E-state index is 4.94. The second-order valence-corrected chi connectivity index (χ2v) is 5.79. The number of aromatic nitrogens is 1. The molecule has 1 heterocycles. The SMILES string of the molecule is Cc1ccc2nc3c(cc2c1)-c1cccc2cccc-3c12. The number of hydrogen-bond acceptors (Lipinski definition) is 1. The molecule has 0 bridgehead atoms. The lowest BCUT2D eigenvalue weighted by molar-refractivity contribution is 1.40. The summed E-state index contributed by atoms with van der Waals surface area (Å²) in [6.45, 7) is 2.13. The van der Waals surface area contributed by atoms with E-state index in [1.165, 1.54) is 38.4 Å². The maximum Gasteiger partial charge on any atom is 0.0794 e. The Morgan fingerprint density at radius 2 is 1.52 bits per heavy atom. The van der Waals surface area contributed by atoms with Gasteiger partial charge in [-0.1, -0.05) is 48.0 Å². The van der Waals surface area contributed by atoms with Crippen LogP contribution >= 0.6 is 0 Å². The summed E-state index contributed by atoms with van der Waals surface area (Å²) in [5.41, 5.74) is 7.31. The summed E-state index contributed by atoms with van der Waals surface area (Å²) >= 11 is 0. The minimum atomic E-state index is 1.07. The van der Waals surface area contributed by atoms with Gasteiger partial charge in [0.05, 0.1) is 11.2 Å². The molecule has 1 aromatic heterocycles. The van der Waals surface area contributed by atoms with Crippen LogP contribution in [0.25, 0.3) is 44.1 Å². The zero-order chi connectivity index (χ0) is 14.0. The van der Waals surface area contributed by atoms with Gasteiger partial charge >= 0.3 is 0 Å². The zero-order valence-corrected chi connectivity index (χ0v) is 11.7. The van der Waals surface area contributed by atoms with E-state index in [4.69, 9.17) is 4.98 Å². The first-order valence-electron chi connectivity index (χ1n) is 7.25. The molecule has 21 heavy (non-hydrogen) atoms. The molecule has 0 unspecified atom stereocenters. The topological polar surface area (TPSA) is 12.9 Å². The summed E-state index contributed by atoms with van der Waals surface area (Å²) in [7, 11) is 0. The van der Waals surface area contributed by atoms with E-state index < -0.39 is 0 Å². The van der Waals surface area contributed by atoms with Crippen LogP contribution in [-0.4, -0.2) is 4.98 Å². The van der Waals surface area contributed by atoms with Crippen LogP contribution in [0, 0.1) is 6.92 Å². The molecular weight excluding hydrogens is 254 g/mol. The van der Waals surface area contributed by atoms with Gasteiger partial charge in [-0.3, -0.25) is 0 Å². The van der Waals surface area contributed by atoms with Crippen molar-refractivity contribution in [2.24, 2.45) is 0 Å². The molecule has 3 aromatic carbocycles. The average Bonchev–Trinajstić information content (AvgIpc) is 2.82. The quantitative estimate of drug-likeness (QED) is 0.369. The van der Waals surface area contributed by atoms with E-state index in [9.17, 15) is 0 Å². The molecule has 1 nitrogen and oxygen atoms in total.